The van der Waals surface area contributed by atoms with Crippen LogP contribution in [-0.2, 0) is 14.8 Å². The van der Waals surface area contributed by atoms with E-state index in [1.54, 1.807) is 25.1 Å². The molecule has 6 nitrogen and oxygen atoms in total. The second-order valence-electron chi connectivity index (χ2n) is 6.37. The average molecular weight is 340 g/mol. The second-order valence-corrected chi connectivity index (χ2v) is 8.26. The normalized spacial score (nSPS) is 22.8. The van der Waals surface area contributed by atoms with Crippen LogP contribution in [0, 0.1) is 12.8 Å². The number of benzene rings is 1. The summed E-state index contributed by atoms with van der Waals surface area (Å²) in [6, 6.07) is 4.78. The molecule has 1 N–H and O–H groups in total. The average Bonchev–Trinajstić information content (AvgIpc) is 2.46. The SMILES string of the molecule is Cc1ccc(S(=O)(=O)N2CC[C@@H](C(=O)O)C[C@H]2C)cc1N(C)C. The van der Waals surface area contributed by atoms with E-state index in [-0.39, 0.29) is 17.5 Å². The van der Waals surface area contributed by atoms with Crippen LogP contribution in [0.3, 0.4) is 0 Å². The van der Waals surface area contributed by atoms with E-state index in [0.717, 1.165) is 11.3 Å². The van der Waals surface area contributed by atoms with Crippen molar-refractivity contribution in [3.05, 3.63) is 23.8 Å². The zero-order valence-corrected chi connectivity index (χ0v) is 14.8. The van der Waals surface area contributed by atoms with E-state index >= 15 is 0 Å². The van der Waals surface area contributed by atoms with Crippen molar-refractivity contribution in [3.63, 3.8) is 0 Å². The minimum atomic E-state index is -3.62. The molecule has 1 aliphatic heterocycles. The topological polar surface area (TPSA) is 77.9 Å². The van der Waals surface area contributed by atoms with Crippen molar-refractivity contribution in [3.8, 4) is 0 Å². The fraction of sp³-hybridized carbons (Fsp3) is 0.562. The fourth-order valence-electron chi connectivity index (χ4n) is 3.10. The molecule has 1 aliphatic rings. The number of sulfonamides is 1. The number of carbonyl (C=O) groups is 1. The monoisotopic (exact) mass is 340 g/mol. The molecule has 1 saturated heterocycles. The van der Waals surface area contributed by atoms with Gasteiger partial charge in [0.1, 0.15) is 0 Å². The van der Waals surface area contributed by atoms with Gasteiger partial charge in [-0.15, -0.1) is 0 Å². The van der Waals surface area contributed by atoms with Gasteiger partial charge in [0, 0.05) is 32.4 Å². The van der Waals surface area contributed by atoms with Gasteiger partial charge < -0.3 is 10.0 Å². The molecule has 1 aromatic carbocycles. The molecule has 0 bridgehead atoms. The zero-order valence-electron chi connectivity index (χ0n) is 14.0. The minimum absolute atomic E-state index is 0.242. The van der Waals surface area contributed by atoms with E-state index in [1.165, 1.54) is 4.31 Å². The molecule has 0 unspecified atom stereocenters. The lowest BCUT2D eigenvalue weighted by molar-refractivity contribution is -0.143. The lowest BCUT2D eigenvalue weighted by Crippen LogP contribution is -2.45. The van der Waals surface area contributed by atoms with Crippen LogP contribution in [0.5, 0.6) is 0 Å². The van der Waals surface area contributed by atoms with Gasteiger partial charge in [0.2, 0.25) is 10.0 Å². The Morgan fingerprint density at radius 2 is 2.00 bits per heavy atom. The lowest BCUT2D eigenvalue weighted by atomic mass is 9.93. The number of carboxylic acid groups (broad SMARTS) is 1. The Labute approximate surface area is 137 Å². The van der Waals surface area contributed by atoms with Crippen LogP contribution in [-0.4, -0.2) is 50.5 Å². The van der Waals surface area contributed by atoms with Crippen LogP contribution in [0.1, 0.15) is 25.3 Å². The minimum Gasteiger partial charge on any atom is -0.481 e. The van der Waals surface area contributed by atoms with Crippen LogP contribution >= 0.6 is 0 Å². The van der Waals surface area contributed by atoms with E-state index in [1.807, 2.05) is 25.9 Å². The second kappa shape index (κ2) is 6.49. The molecule has 0 spiro atoms. The number of piperidine rings is 1. The Morgan fingerprint density at radius 3 is 2.52 bits per heavy atom. The summed E-state index contributed by atoms with van der Waals surface area (Å²) in [5, 5.41) is 9.12. The first kappa shape index (κ1) is 17.7. The van der Waals surface area contributed by atoms with Crippen molar-refractivity contribution >= 4 is 21.7 Å². The van der Waals surface area contributed by atoms with E-state index < -0.39 is 21.9 Å². The summed E-state index contributed by atoms with van der Waals surface area (Å²) in [6.45, 7) is 3.95. The molecule has 1 fully saturated rings. The summed E-state index contributed by atoms with van der Waals surface area (Å²) in [4.78, 5) is 13.3. The highest BCUT2D eigenvalue weighted by Crippen LogP contribution is 2.30. The fourth-order valence-corrected chi connectivity index (χ4v) is 4.78. The maximum atomic E-state index is 12.9. The Balaban J connectivity index is 2.32. The number of hydrogen-bond acceptors (Lipinski definition) is 4. The molecule has 128 valence electrons. The maximum absolute atomic E-state index is 12.9. The van der Waals surface area contributed by atoms with E-state index in [2.05, 4.69) is 0 Å². The number of nitrogens with zero attached hydrogens (tertiary/aromatic N) is 2. The molecular formula is C16H24N2O4S. The van der Waals surface area contributed by atoms with Crippen LogP contribution in [0.2, 0.25) is 0 Å². The number of anilines is 1. The van der Waals surface area contributed by atoms with Crippen molar-refractivity contribution in [2.45, 2.75) is 37.6 Å². The van der Waals surface area contributed by atoms with Crippen LogP contribution < -0.4 is 4.90 Å². The van der Waals surface area contributed by atoms with Gasteiger partial charge in [-0.05, 0) is 44.4 Å². The highest BCUT2D eigenvalue weighted by Gasteiger charge is 2.37. The summed E-state index contributed by atoms with van der Waals surface area (Å²) in [5.41, 5.74) is 1.87. The van der Waals surface area contributed by atoms with Crippen LogP contribution in [0.25, 0.3) is 0 Å². The third-order valence-corrected chi connectivity index (χ3v) is 6.44. The zero-order chi connectivity index (χ0) is 17.4. The van der Waals surface area contributed by atoms with Crippen molar-refractivity contribution in [1.82, 2.24) is 4.31 Å². The van der Waals surface area contributed by atoms with Gasteiger partial charge in [-0.2, -0.15) is 4.31 Å². The highest BCUT2D eigenvalue weighted by atomic mass is 32.2. The smallest absolute Gasteiger partial charge is 0.306 e. The van der Waals surface area contributed by atoms with Gasteiger partial charge in [0.15, 0.2) is 0 Å². The first-order valence-corrected chi connectivity index (χ1v) is 9.11. The molecule has 0 amide bonds. The molecular weight excluding hydrogens is 316 g/mol. The van der Waals surface area contributed by atoms with Crippen molar-refractivity contribution < 1.29 is 18.3 Å². The van der Waals surface area contributed by atoms with Gasteiger partial charge in [0.25, 0.3) is 0 Å². The number of rotatable bonds is 4. The molecule has 2 rings (SSSR count). The summed E-state index contributed by atoms with van der Waals surface area (Å²) in [7, 11) is 0.130. The number of aliphatic carboxylic acids is 1. The van der Waals surface area contributed by atoms with Gasteiger partial charge in [-0.1, -0.05) is 6.07 Å². The number of hydrogen-bond donors (Lipinski definition) is 1. The van der Waals surface area contributed by atoms with E-state index in [4.69, 9.17) is 5.11 Å². The molecule has 0 saturated carbocycles. The van der Waals surface area contributed by atoms with Gasteiger partial charge in [0.05, 0.1) is 10.8 Å². The molecule has 0 radical (unpaired) electrons. The Hall–Kier alpha value is -1.60. The molecule has 23 heavy (non-hydrogen) atoms. The Kier molecular flexibility index (Phi) is 5.01. The Bertz CT molecular complexity index is 700. The maximum Gasteiger partial charge on any atom is 0.306 e. The first-order valence-electron chi connectivity index (χ1n) is 7.67. The summed E-state index contributed by atoms with van der Waals surface area (Å²) in [6.07, 6.45) is 0.701. The van der Waals surface area contributed by atoms with Crippen molar-refractivity contribution in [1.29, 1.82) is 0 Å². The molecule has 2 atom stereocenters. The third-order valence-electron chi connectivity index (χ3n) is 4.43. The molecule has 1 heterocycles. The van der Waals surface area contributed by atoms with Gasteiger partial charge in [-0.3, -0.25) is 4.79 Å². The van der Waals surface area contributed by atoms with Crippen LogP contribution in [0.15, 0.2) is 23.1 Å². The quantitative estimate of drug-likeness (QED) is 0.906. The largest absolute Gasteiger partial charge is 0.481 e. The predicted octanol–water partition coefficient (Wildman–Crippen LogP) is 1.93. The highest BCUT2D eigenvalue weighted by molar-refractivity contribution is 7.89. The van der Waals surface area contributed by atoms with E-state index in [0.29, 0.717) is 12.8 Å². The number of carboxylic acids is 1. The first-order chi connectivity index (χ1) is 10.6. The van der Waals surface area contributed by atoms with Crippen LogP contribution in [0.4, 0.5) is 5.69 Å². The summed E-state index contributed by atoms with van der Waals surface area (Å²) in [5.74, 6) is -1.31. The molecule has 0 aliphatic carbocycles. The Morgan fingerprint density at radius 1 is 1.35 bits per heavy atom. The summed E-state index contributed by atoms with van der Waals surface area (Å²) < 4.78 is 27.3. The van der Waals surface area contributed by atoms with Crippen molar-refractivity contribution in [2.75, 3.05) is 25.5 Å². The summed E-state index contributed by atoms with van der Waals surface area (Å²) >= 11 is 0. The standard InChI is InChI=1S/C16H24N2O4S/c1-11-5-6-14(10-15(11)17(3)4)23(21,22)18-8-7-13(16(19)20)9-12(18)2/h5-6,10,12-13H,7-9H2,1-4H3,(H,19,20)/t12-,13-/m1/s1. The lowest BCUT2D eigenvalue weighted by Gasteiger charge is -2.35. The van der Waals surface area contributed by atoms with E-state index in [9.17, 15) is 13.2 Å². The number of aryl methyl sites for hydroxylation is 1. The van der Waals surface area contributed by atoms with Gasteiger partial charge in [-0.25, -0.2) is 8.42 Å². The molecule has 0 aromatic heterocycles. The molecule has 1 aromatic rings. The van der Waals surface area contributed by atoms with Crippen molar-refractivity contribution in [2.24, 2.45) is 5.92 Å². The predicted molar refractivity (Wildman–Crippen MR) is 89.2 cm³/mol. The third kappa shape index (κ3) is 3.50. The molecule has 7 heteroatoms. The van der Waals surface area contributed by atoms with Gasteiger partial charge >= 0.3 is 5.97 Å².